The number of carbonyl (C=O) groups is 1. The predicted molar refractivity (Wildman–Crippen MR) is 63.4 cm³/mol. The summed E-state index contributed by atoms with van der Waals surface area (Å²) in [5.74, 6) is 0.122. The molecular formula is C14H14O. The lowest BCUT2D eigenvalue weighted by Crippen LogP contribution is -1.85. The lowest BCUT2D eigenvalue weighted by molar-refractivity contribution is -0.112. The molecule has 0 unspecified atom stereocenters. The van der Waals surface area contributed by atoms with Crippen LogP contribution in [0, 0.1) is 0 Å². The third-order valence-corrected chi connectivity index (χ3v) is 2.73. The largest absolute Gasteiger partial charge is 0.295 e. The Morgan fingerprint density at radius 3 is 2.33 bits per heavy atom. The quantitative estimate of drug-likeness (QED) is 0.631. The molecule has 0 amide bonds. The molecule has 76 valence electrons. The van der Waals surface area contributed by atoms with Crippen molar-refractivity contribution in [3.8, 4) is 0 Å². The zero-order chi connectivity index (χ0) is 10.8. The number of ketones is 1. The molecule has 0 spiro atoms. The zero-order valence-electron chi connectivity index (χ0n) is 9.08. The second kappa shape index (κ2) is 3.85. The smallest absolute Gasteiger partial charge is 0.152 e. The minimum absolute atomic E-state index is 0.122. The Morgan fingerprint density at radius 1 is 1.20 bits per heavy atom. The summed E-state index contributed by atoms with van der Waals surface area (Å²) in [6, 6.07) is 8.26. The molecule has 0 aromatic heterocycles. The molecule has 0 radical (unpaired) electrons. The molecular weight excluding hydrogens is 184 g/mol. The maximum atomic E-state index is 11.1. The summed E-state index contributed by atoms with van der Waals surface area (Å²) >= 11 is 0. The highest BCUT2D eigenvalue weighted by atomic mass is 16.1. The molecule has 0 heterocycles. The first-order valence-electron chi connectivity index (χ1n) is 5.18. The summed E-state index contributed by atoms with van der Waals surface area (Å²) in [5.41, 5.74) is 4.94. The van der Waals surface area contributed by atoms with E-state index in [-0.39, 0.29) is 5.78 Å². The third-order valence-electron chi connectivity index (χ3n) is 2.73. The summed E-state index contributed by atoms with van der Waals surface area (Å²) in [5, 5.41) is 0. The van der Waals surface area contributed by atoms with Crippen molar-refractivity contribution in [1.29, 1.82) is 0 Å². The number of hydrogen-bond acceptors (Lipinski definition) is 1. The molecule has 1 aliphatic rings. The average molecular weight is 198 g/mol. The Balaban J connectivity index is 2.56. The average Bonchev–Trinajstić information content (AvgIpc) is 2.56. The normalized spacial score (nSPS) is 19.6. The first kappa shape index (κ1) is 9.91. The summed E-state index contributed by atoms with van der Waals surface area (Å²) in [4.78, 5) is 11.1. The third kappa shape index (κ3) is 1.78. The van der Waals surface area contributed by atoms with E-state index in [0.717, 1.165) is 12.0 Å². The molecule has 0 saturated carbocycles. The van der Waals surface area contributed by atoms with E-state index in [9.17, 15) is 4.79 Å². The molecule has 1 aromatic rings. The minimum atomic E-state index is 0.122. The van der Waals surface area contributed by atoms with Gasteiger partial charge in [-0.3, -0.25) is 4.79 Å². The fourth-order valence-electron chi connectivity index (χ4n) is 2.07. The van der Waals surface area contributed by atoms with Gasteiger partial charge < -0.3 is 0 Å². The Bertz CT molecular complexity index is 464. The number of hydrogen-bond donors (Lipinski definition) is 0. The van der Waals surface area contributed by atoms with Crippen molar-refractivity contribution < 1.29 is 4.79 Å². The van der Waals surface area contributed by atoms with Crippen LogP contribution in [0.4, 0.5) is 0 Å². The van der Waals surface area contributed by atoms with Crippen molar-refractivity contribution in [1.82, 2.24) is 0 Å². The number of benzene rings is 1. The SMILES string of the molecule is C/C=C1\C/C(=C\C(C)=O)c2ccccc21. The summed E-state index contributed by atoms with van der Waals surface area (Å²) < 4.78 is 0. The lowest BCUT2D eigenvalue weighted by Gasteiger charge is -1.98. The van der Waals surface area contributed by atoms with Crippen LogP contribution in [0.5, 0.6) is 0 Å². The Kier molecular flexibility index (Phi) is 2.55. The van der Waals surface area contributed by atoms with Gasteiger partial charge in [0.1, 0.15) is 0 Å². The topological polar surface area (TPSA) is 17.1 Å². The predicted octanol–water partition coefficient (Wildman–Crippen LogP) is 3.47. The molecule has 0 fully saturated rings. The maximum absolute atomic E-state index is 11.1. The van der Waals surface area contributed by atoms with E-state index in [1.54, 1.807) is 13.0 Å². The van der Waals surface area contributed by atoms with Crippen LogP contribution in [0.3, 0.4) is 0 Å². The number of carbonyl (C=O) groups excluding carboxylic acids is 1. The molecule has 15 heavy (non-hydrogen) atoms. The Hall–Kier alpha value is -1.63. The van der Waals surface area contributed by atoms with Crippen molar-refractivity contribution in [3.05, 3.63) is 47.5 Å². The summed E-state index contributed by atoms with van der Waals surface area (Å²) in [7, 11) is 0. The fraction of sp³-hybridized carbons (Fsp3) is 0.214. The second-order valence-electron chi connectivity index (χ2n) is 3.82. The van der Waals surface area contributed by atoms with Crippen LogP contribution in [-0.2, 0) is 4.79 Å². The van der Waals surface area contributed by atoms with Gasteiger partial charge in [-0.25, -0.2) is 0 Å². The van der Waals surface area contributed by atoms with Gasteiger partial charge in [0.15, 0.2) is 5.78 Å². The minimum Gasteiger partial charge on any atom is -0.295 e. The lowest BCUT2D eigenvalue weighted by atomic mass is 10.1. The molecule has 1 heteroatoms. The van der Waals surface area contributed by atoms with Gasteiger partial charge in [0.25, 0.3) is 0 Å². The molecule has 1 aromatic carbocycles. The van der Waals surface area contributed by atoms with Crippen LogP contribution < -0.4 is 0 Å². The van der Waals surface area contributed by atoms with Crippen LogP contribution in [-0.4, -0.2) is 5.78 Å². The van der Waals surface area contributed by atoms with Gasteiger partial charge in [-0.15, -0.1) is 0 Å². The first-order valence-corrected chi connectivity index (χ1v) is 5.18. The van der Waals surface area contributed by atoms with E-state index in [4.69, 9.17) is 0 Å². The van der Waals surface area contributed by atoms with E-state index in [2.05, 4.69) is 18.2 Å². The van der Waals surface area contributed by atoms with Gasteiger partial charge in [0, 0.05) is 0 Å². The van der Waals surface area contributed by atoms with Gasteiger partial charge in [0.05, 0.1) is 0 Å². The van der Waals surface area contributed by atoms with Crippen molar-refractivity contribution in [2.75, 3.05) is 0 Å². The van der Waals surface area contributed by atoms with E-state index in [1.165, 1.54) is 16.7 Å². The van der Waals surface area contributed by atoms with Crippen LogP contribution in [0.1, 0.15) is 31.4 Å². The summed E-state index contributed by atoms with van der Waals surface area (Å²) in [6.07, 6.45) is 4.75. The molecule has 0 aliphatic heterocycles. The van der Waals surface area contributed by atoms with Gasteiger partial charge >= 0.3 is 0 Å². The fourth-order valence-corrected chi connectivity index (χ4v) is 2.07. The summed E-state index contributed by atoms with van der Waals surface area (Å²) in [6.45, 7) is 3.64. The molecule has 0 N–H and O–H groups in total. The number of allylic oxidation sites excluding steroid dienone is 4. The van der Waals surface area contributed by atoms with Crippen molar-refractivity contribution in [2.24, 2.45) is 0 Å². The van der Waals surface area contributed by atoms with Crippen LogP contribution >= 0.6 is 0 Å². The van der Waals surface area contributed by atoms with Gasteiger partial charge in [-0.1, -0.05) is 30.3 Å². The highest BCUT2D eigenvalue weighted by Gasteiger charge is 2.19. The second-order valence-corrected chi connectivity index (χ2v) is 3.82. The van der Waals surface area contributed by atoms with Crippen LogP contribution in [0.25, 0.3) is 11.1 Å². The highest BCUT2D eigenvalue weighted by molar-refractivity contribution is 6.01. The van der Waals surface area contributed by atoms with Crippen LogP contribution in [0.2, 0.25) is 0 Å². The van der Waals surface area contributed by atoms with E-state index in [1.807, 2.05) is 19.1 Å². The van der Waals surface area contributed by atoms with Gasteiger partial charge in [0.2, 0.25) is 0 Å². The maximum Gasteiger partial charge on any atom is 0.152 e. The van der Waals surface area contributed by atoms with Gasteiger partial charge in [-0.05, 0) is 48.6 Å². The number of fused-ring (bicyclic) bond motifs is 1. The van der Waals surface area contributed by atoms with Gasteiger partial charge in [-0.2, -0.15) is 0 Å². The molecule has 0 saturated heterocycles. The van der Waals surface area contributed by atoms with Crippen LogP contribution in [0.15, 0.2) is 36.4 Å². The van der Waals surface area contributed by atoms with E-state index >= 15 is 0 Å². The molecule has 0 atom stereocenters. The van der Waals surface area contributed by atoms with E-state index < -0.39 is 0 Å². The highest BCUT2D eigenvalue weighted by Crippen LogP contribution is 2.39. The first-order chi connectivity index (χ1) is 7.22. The molecule has 0 bridgehead atoms. The monoisotopic (exact) mass is 198 g/mol. The zero-order valence-corrected chi connectivity index (χ0v) is 9.08. The molecule has 2 rings (SSSR count). The van der Waals surface area contributed by atoms with E-state index in [0.29, 0.717) is 0 Å². The Labute approximate surface area is 90.1 Å². The Morgan fingerprint density at radius 2 is 1.80 bits per heavy atom. The van der Waals surface area contributed by atoms with Crippen molar-refractivity contribution in [3.63, 3.8) is 0 Å². The number of rotatable bonds is 1. The van der Waals surface area contributed by atoms with Crippen molar-refractivity contribution >= 4 is 16.9 Å². The standard InChI is InChI=1S/C14H14O/c1-3-11-9-12(8-10(2)15)14-7-5-4-6-13(11)14/h3-8H,9H2,1-2H3/b11-3+,12-8+. The molecule has 1 aliphatic carbocycles. The molecule has 1 nitrogen and oxygen atoms in total. The van der Waals surface area contributed by atoms with Crippen molar-refractivity contribution in [2.45, 2.75) is 20.3 Å².